The van der Waals surface area contributed by atoms with E-state index in [4.69, 9.17) is 4.74 Å². The number of rotatable bonds is 7. The van der Waals surface area contributed by atoms with Crippen molar-refractivity contribution in [2.24, 2.45) is 0 Å². The van der Waals surface area contributed by atoms with Crippen LogP contribution in [0.3, 0.4) is 0 Å². The molecule has 6 nitrogen and oxygen atoms in total. The van der Waals surface area contributed by atoms with Gasteiger partial charge in [-0.2, -0.15) is 0 Å². The lowest BCUT2D eigenvalue weighted by atomic mass is 10.2. The molecule has 1 saturated heterocycles. The van der Waals surface area contributed by atoms with E-state index in [9.17, 15) is 13.2 Å². The molecule has 29 heavy (non-hydrogen) atoms. The summed E-state index contributed by atoms with van der Waals surface area (Å²) in [7, 11) is -3.61. The number of thiazole rings is 1. The number of sulfone groups is 1. The average Bonchev–Trinajstić information content (AvgIpc) is 3.35. The molecule has 1 fully saturated rings. The maximum atomic E-state index is 13.1. The predicted octanol–water partition coefficient (Wildman–Crippen LogP) is 3.42. The highest BCUT2D eigenvalue weighted by Gasteiger charge is 2.29. The number of anilines is 1. The summed E-state index contributed by atoms with van der Waals surface area (Å²) in [5.41, 5.74) is 1.47. The van der Waals surface area contributed by atoms with Crippen LogP contribution in [0.5, 0.6) is 0 Å². The standard InChI is InChI=1S/C21H22N2O4S2/c24-20(15-29(25,26)14-16-7-2-1-3-8-16)23(13-17-9-6-12-27-17)21-22-18-10-4-5-11-19(18)28-21/h1-5,7-8,10-11,17H,6,9,12-15H2. The fourth-order valence-corrected chi connectivity index (χ4v) is 5.73. The first-order chi connectivity index (χ1) is 14.0. The third kappa shape index (κ3) is 5.01. The van der Waals surface area contributed by atoms with E-state index in [1.165, 1.54) is 16.2 Å². The van der Waals surface area contributed by atoms with Crippen molar-refractivity contribution in [3.05, 3.63) is 60.2 Å². The van der Waals surface area contributed by atoms with E-state index in [-0.39, 0.29) is 11.9 Å². The molecule has 0 saturated carbocycles. The van der Waals surface area contributed by atoms with Gasteiger partial charge in [0.1, 0.15) is 5.75 Å². The molecular formula is C21H22N2O4S2. The molecule has 1 aliphatic heterocycles. The van der Waals surface area contributed by atoms with Crippen LogP contribution >= 0.6 is 11.3 Å². The monoisotopic (exact) mass is 430 g/mol. The van der Waals surface area contributed by atoms with Crippen molar-refractivity contribution >= 4 is 42.4 Å². The van der Waals surface area contributed by atoms with Crippen molar-refractivity contribution in [1.82, 2.24) is 4.98 Å². The number of benzene rings is 2. The molecule has 2 heterocycles. The Balaban J connectivity index is 1.57. The van der Waals surface area contributed by atoms with Gasteiger partial charge in [-0.15, -0.1) is 0 Å². The van der Waals surface area contributed by atoms with Crippen molar-refractivity contribution in [2.75, 3.05) is 23.8 Å². The lowest BCUT2D eigenvalue weighted by Crippen LogP contribution is -2.41. The van der Waals surface area contributed by atoms with Crippen LogP contribution in [0.15, 0.2) is 54.6 Å². The SMILES string of the molecule is O=C(CS(=O)(=O)Cc1ccccc1)N(CC1CCCO1)c1nc2ccccc2s1. The number of para-hydroxylation sites is 1. The molecule has 8 heteroatoms. The van der Waals surface area contributed by atoms with E-state index in [1.54, 1.807) is 24.3 Å². The zero-order valence-electron chi connectivity index (χ0n) is 15.9. The van der Waals surface area contributed by atoms with Crippen LogP contribution in [0.4, 0.5) is 5.13 Å². The van der Waals surface area contributed by atoms with Gasteiger partial charge < -0.3 is 4.74 Å². The molecule has 4 rings (SSSR count). The number of carbonyl (C=O) groups excluding carboxylic acids is 1. The van der Waals surface area contributed by atoms with Crippen LogP contribution in [0, 0.1) is 0 Å². The highest BCUT2D eigenvalue weighted by atomic mass is 32.2. The van der Waals surface area contributed by atoms with E-state index in [0.717, 1.165) is 23.1 Å². The molecule has 2 aromatic carbocycles. The van der Waals surface area contributed by atoms with Gasteiger partial charge in [0.25, 0.3) is 0 Å². The molecule has 1 aliphatic rings. The van der Waals surface area contributed by atoms with E-state index >= 15 is 0 Å². The number of amides is 1. The molecule has 1 aromatic heterocycles. The number of aromatic nitrogens is 1. The van der Waals surface area contributed by atoms with Crippen LogP contribution in [0.1, 0.15) is 18.4 Å². The second-order valence-electron chi connectivity index (χ2n) is 7.12. The van der Waals surface area contributed by atoms with Crippen LogP contribution in [-0.2, 0) is 25.1 Å². The first-order valence-corrected chi connectivity index (χ1v) is 12.2. The van der Waals surface area contributed by atoms with Gasteiger partial charge in [-0.05, 0) is 30.5 Å². The molecule has 0 aliphatic carbocycles. The number of carbonyl (C=O) groups is 1. The zero-order valence-corrected chi connectivity index (χ0v) is 17.5. The second kappa shape index (κ2) is 8.61. The van der Waals surface area contributed by atoms with E-state index in [2.05, 4.69) is 4.98 Å². The number of hydrogen-bond acceptors (Lipinski definition) is 6. The van der Waals surface area contributed by atoms with E-state index < -0.39 is 21.5 Å². The lowest BCUT2D eigenvalue weighted by molar-refractivity contribution is -0.116. The minimum atomic E-state index is -3.61. The summed E-state index contributed by atoms with van der Waals surface area (Å²) in [5, 5.41) is 0.515. The van der Waals surface area contributed by atoms with Crippen molar-refractivity contribution < 1.29 is 17.9 Å². The molecule has 1 amide bonds. The molecule has 3 aromatic rings. The van der Waals surface area contributed by atoms with Gasteiger partial charge in [-0.25, -0.2) is 13.4 Å². The van der Waals surface area contributed by atoms with Gasteiger partial charge >= 0.3 is 0 Å². The molecule has 0 spiro atoms. The molecule has 0 radical (unpaired) electrons. The van der Waals surface area contributed by atoms with Crippen LogP contribution in [0.25, 0.3) is 10.2 Å². The third-order valence-electron chi connectivity index (χ3n) is 4.80. The Labute approximate surface area is 174 Å². The Bertz CT molecular complexity index is 1060. The quantitative estimate of drug-likeness (QED) is 0.574. The van der Waals surface area contributed by atoms with E-state index in [1.807, 2.05) is 30.3 Å². The summed E-state index contributed by atoms with van der Waals surface area (Å²) < 4.78 is 32.0. The minimum absolute atomic E-state index is 0.0946. The first kappa shape index (κ1) is 20.0. The minimum Gasteiger partial charge on any atom is -0.376 e. The normalized spacial score (nSPS) is 16.9. The maximum Gasteiger partial charge on any atom is 0.244 e. The summed E-state index contributed by atoms with van der Waals surface area (Å²) in [5.74, 6) is -1.17. The molecule has 1 unspecified atom stereocenters. The van der Waals surface area contributed by atoms with Gasteiger partial charge in [-0.3, -0.25) is 9.69 Å². The van der Waals surface area contributed by atoms with Crippen LogP contribution < -0.4 is 4.90 Å². The summed E-state index contributed by atoms with van der Waals surface area (Å²) >= 11 is 1.39. The Morgan fingerprint density at radius 2 is 1.90 bits per heavy atom. The van der Waals surface area contributed by atoms with Gasteiger partial charge in [0.15, 0.2) is 15.0 Å². The first-order valence-electron chi connectivity index (χ1n) is 9.52. The highest BCUT2D eigenvalue weighted by molar-refractivity contribution is 7.91. The summed E-state index contributed by atoms with van der Waals surface area (Å²) in [6, 6.07) is 16.5. The Morgan fingerprint density at radius 1 is 1.14 bits per heavy atom. The number of hydrogen-bond donors (Lipinski definition) is 0. The topological polar surface area (TPSA) is 76.6 Å². The van der Waals surface area contributed by atoms with Crippen molar-refractivity contribution in [3.63, 3.8) is 0 Å². The van der Waals surface area contributed by atoms with Gasteiger partial charge in [0.2, 0.25) is 5.91 Å². The smallest absolute Gasteiger partial charge is 0.244 e. The van der Waals surface area contributed by atoms with E-state index in [0.29, 0.717) is 23.8 Å². The van der Waals surface area contributed by atoms with Crippen molar-refractivity contribution in [2.45, 2.75) is 24.7 Å². The van der Waals surface area contributed by atoms with Crippen molar-refractivity contribution in [1.29, 1.82) is 0 Å². The Kier molecular flexibility index (Phi) is 5.94. The maximum absolute atomic E-state index is 13.1. The van der Waals surface area contributed by atoms with Crippen LogP contribution in [0.2, 0.25) is 0 Å². The highest BCUT2D eigenvalue weighted by Crippen LogP contribution is 2.30. The van der Waals surface area contributed by atoms with Gasteiger partial charge in [-0.1, -0.05) is 53.8 Å². The fourth-order valence-electron chi connectivity index (χ4n) is 3.40. The van der Waals surface area contributed by atoms with Crippen molar-refractivity contribution in [3.8, 4) is 0 Å². The molecule has 0 bridgehead atoms. The number of fused-ring (bicyclic) bond motifs is 1. The molecule has 1 atom stereocenters. The summed E-state index contributed by atoms with van der Waals surface area (Å²) in [6.45, 7) is 0.984. The average molecular weight is 431 g/mol. The van der Waals surface area contributed by atoms with Gasteiger partial charge in [0, 0.05) is 6.61 Å². The summed E-state index contributed by atoms with van der Waals surface area (Å²) in [4.78, 5) is 19.1. The predicted molar refractivity (Wildman–Crippen MR) is 115 cm³/mol. The largest absolute Gasteiger partial charge is 0.376 e. The number of ether oxygens (including phenoxy) is 1. The Hall–Kier alpha value is -2.29. The molecule has 152 valence electrons. The fraction of sp³-hybridized carbons (Fsp3) is 0.333. The third-order valence-corrected chi connectivity index (χ3v) is 7.32. The van der Waals surface area contributed by atoms with Gasteiger partial charge in [0.05, 0.1) is 28.6 Å². The Morgan fingerprint density at radius 3 is 2.62 bits per heavy atom. The zero-order chi connectivity index (χ0) is 20.3. The second-order valence-corrected chi connectivity index (χ2v) is 10.2. The van der Waals surface area contributed by atoms with Crippen LogP contribution in [-0.4, -0.2) is 44.3 Å². The summed E-state index contributed by atoms with van der Waals surface area (Å²) in [6.07, 6.45) is 1.70. The molecule has 0 N–H and O–H groups in total. The molecular weight excluding hydrogens is 408 g/mol. The lowest BCUT2D eigenvalue weighted by Gasteiger charge is -2.23. The number of nitrogens with zero attached hydrogens (tertiary/aromatic N) is 2.